The molecule has 1 unspecified atom stereocenters. The second kappa shape index (κ2) is 8.90. The first-order valence-corrected chi connectivity index (χ1v) is 11.2. The number of halogens is 1. The molecule has 0 saturated heterocycles. The summed E-state index contributed by atoms with van der Waals surface area (Å²) in [6.45, 7) is 3.78. The fourth-order valence-corrected chi connectivity index (χ4v) is 4.44. The lowest BCUT2D eigenvalue weighted by Crippen LogP contribution is -2.28. The highest BCUT2D eigenvalue weighted by atomic mass is 35.5. The van der Waals surface area contributed by atoms with Crippen molar-refractivity contribution in [2.45, 2.75) is 24.8 Å². The van der Waals surface area contributed by atoms with Gasteiger partial charge in [0.15, 0.2) is 0 Å². The number of sulfonamides is 1. The molecule has 0 aliphatic heterocycles. The lowest BCUT2D eigenvalue weighted by molar-refractivity contribution is 0.0940. The molecule has 0 aromatic heterocycles. The van der Waals surface area contributed by atoms with E-state index in [1.807, 2.05) is 44.2 Å². The molecule has 0 fully saturated rings. The lowest BCUT2D eigenvalue weighted by Gasteiger charge is -2.21. The van der Waals surface area contributed by atoms with Gasteiger partial charge in [-0.3, -0.25) is 9.10 Å². The molecule has 3 rings (SSSR count). The molecule has 3 aromatic rings. The van der Waals surface area contributed by atoms with E-state index >= 15 is 0 Å². The molecule has 3 aromatic carbocycles. The van der Waals surface area contributed by atoms with Gasteiger partial charge in [-0.1, -0.05) is 59.6 Å². The zero-order valence-electron chi connectivity index (χ0n) is 17.0. The fourth-order valence-electron chi connectivity index (χ4n) is 2.99. The van der Waals surface area contributed by atoms with Crippen LogP contribution in [0.2, 0.25) is 5.02 Å². The number of carbonyl (C=O) groups is 1. The summed E-state index contributed by atoms with van der Waals surface area (Å²) in [6, 6.07) is 20.6. The van der Waals surface area contributed by atoms with Crippen LogP contribution in [0.5, 0.6) is 0 Å². The molecule has 0 radical (unpaired) electrons. The van der Waals surface area contributed by atoms with E-state index in [0.29, 0.717) is 5.69 Å². The molecule has 0 bridgehead atoms. The van der Waals surface area contributed by atoms with Crippen molar-refractivity contribution < 1.29 is 13.2 Å². The van der Waals surface area contributed by atoms with Gasteiger partial charge >= 0.3 is 0 Å². The van der Waals surface area contributed by atoms with Crippen molar-refractivity contribution in [3.8, 4) is 0 Å². The number of nitrogens with one attached hydrogen (secondary N) is 1. The number of amides is 1. The Bertz CT molecular complexity index is 1150. The maximum Gasteiger partial charge on any atom is 0.264 e. The zero-order valence-corrected chi connectivity index (χ0v) is 18.5. The third-order valence-electron chi connectivity index (χ3n) is 4.89. The van der Waals surface area contributed by atoms with Crippen LogP contribution in [-0.4, -0.2) is 21.4 Å². The van der Waals surface area contributed by atoms with Crippen LogP contribution in [0.15, 0.2) is 77.7 Å². The molecule has 1 N–H and O–H groups in total. The average Bonchev–Trinajstić information content (AvgIpc) is 2.73. The van der Waals surface area contributed by atoms with E-state index in [4.69, 9.17) is 11.6 Å². The second-order valence-electron chi connectivity index (χ2n) is 7.06. The maximum atomic E-state index is 12.9. The third kappa shape index (κ3) is 4.66. The molecule has 1 amide bonds. The summed E-state index contributed by atoms with van der Waals surface area (Å²) in [7, 11) is -2.28. The number of anilines is 1. The van der Waals surface area contributed by atoms with Gasteiger partial charge in [0.25, 0.3) is 15.9 Å². The maximum absolute atomic E-state index is 12.9. The molecule has 7 heteroatoms. The number of carbonyl (C=O) groups excluding carboxylic acids is 1. The molecule has 0 saturated carbocycles. The van der Waals surface area contributed by atoms with Crippen LogP contribution in [-0.2, 0) is 10.0 Å². The monoisotopic (exact) mass is 442 g/mol. The predicted molar refractivity (Wildman–Crippen MR) is 121 cm³/mol. The van der Waals surface area contributed by atoms with E-state index < -0.39 is 10.0 Å². The molecule has 156 valence electrons. The van der Waals surface area contributed by atoms with Gasteiger partial charge in [-0.25, -0.2) is 8.42 Å². The van der Waals surface area contributed by atoms with Gasteiger partial charge in [0, 0.05) is 7.05 Å². The fraction of sp³-hybridized carbons (Fsp3) is 0.174. The highest BCUT2D eigenvalue weighted by Crippen LogP contribution is 2.27. The van der Waals surface area contributed by atoms with Crippen LogP contribution < -0.4 is 9.62 Å². The van der Waals surface area contributed by atoms with Gasteiger partial charge in [0.05, 0.1) is 27.2 Å². The number of aryl methyl sites for hydroxylation is 1. The van der Waals surface area contributed by atoms with E-state index in [2.05, 4.69) is 5.32 Å². The highest BCUT2D eigenvalue weighted by Gasteiger charge is 2.23. The summed E-state index contributed by atoms with van der Waals surface area (Å²) in [5.74, 6) is -0.327. The van der Waals surface area contributed by atoms with E-state index in [1.54, 1.807) is 30.3 Å². The number of benzene rings is 3. The van der Waals surface area contributed by atoms with Crippen molar-refractivity contribution in [1.29, 1.82) is 0 Å². The first kappa shape index (κ1) is 21.9. The van der Waals surface area contributed by atoms with E-state index in [-0.39, 0.29) is 27.4 Å². The minimum absolute atomic E-state index is 0.177. The number of nitrogens with zero attached hydrogens (tertiary/aromatic N) is 1. The van der Waals surface area contributed by atoms with Gasteiger partial charge in [-0.05, 0) is 49.7 Å². The van der Waals surface area contributed by atoms with Crippen molar-refractivity contribution in [3.63, 3.8) is 0 Å². The summed E-state index contributed by atoms with van der Waals surface area (Å²) in [6.07, 6.45) is 0. The summed E-state index contributed by atoms with van der Waals surface area (Å²) in [5.41, 5.74) is 2.60. The topological polar surface area (TPSA) is 66.5 Å². The Labute approximate surface area is 182 Å². The van der Waals surface area contributed by atoms with Crippen molar-refractivity contribution in [2.24, 2.45) is 0 Å². The molecule has 0 aliphatic carbocycles. The molecule has 0 spiro atoms. The molecule has 30 heavy (non-hydrogen) atoms. The average molecular weight is 443 g/mol. The van der Waals surface area contributed by atoms with Crippen molar-refractivity contribution >= 4 is 33.2 Å². The van der Waals surface area contributed by atoms with Gasteiger partial charge in [-0.2, -0.15) is 0 Å². The second-order valence-corrected chi connectivity index (χ2v) is 9.43. The van der Waals surface area contributed by atoms with Gasteiger partial charge in [0.2, 0.25) is 0 Å². The number of hydrogen-bond acceptors (Lipinski definition) is 3. The van der Waals surface area contributed by atoms with Crippen LogP contribution in [0.1, 0.15) is 34.5 Å². The summed E-state index contributed by atoms with van der Waals surface area (Å²) in [4.78, 5) is 12.8. The van der Waals surface area contributed by atoms with Gasteiger partial charge in [-0.15, -0.1) is 0 Å². The van der Waals surface area contributed by atoms with E-state index in [0.717, 1.165) is 15.4 Å². The Morgan fingerprint density at radius 2 is 1.63 bits per heavy atom. The lowest BCUT2D eigenvalue weighted by atomic mass is 10.1. The van der Waals surface area contributed by atoms with Crippen molar-refractivity contribution in [2.75, 3.05) is 11.4 Å². The number of hydrogen-bond donors (Lipinski definition) is 1. The van der Waals surface area contributed by atoms with Gasteiger partial charge < -0.3 is 5.32 Å². The standard InChI is InChI=1S/C23H23ClN2O3S/c1-16-9-12-20(13-10-16)30(28,29)26(3)19-11-14-21(22(24)15-19)23(27)25-17(2)18-7-5-4-6-8-18/h4-15,17H,1-3H3,(H,25,27). The van der Waals surface area contributed by atoms with Crippen LogP contribution in [0, 0.1) is 6.92 Å². The molecule has 1 atom stereocenters. The molecule has 0 heterocycles. The largest absolute Gasteiger partial charge is 0.345 e. The Morgan fingerprint density at radius 3 is 2.23 bits per heavy atom. The SMILES string of the molecule is Cc1ccc(S(=O)(=O)N(C)c2ccc(C(=O)NC(C)c3ccccc3)c(Cl)c2)cc1. The third-order valence-corrected chi connectivity index (χ3v) is 7.00. The molecular weight excluding hydrogens is 420 g/mol. The highest BCUT2D eigenvalue weighted by molar-refractivity contribution is 7.92. The quantitative estimate of drug-likeness (QED) is 0.586. The normalized spacial score (nSPS) is 12.3. The zero-order chi connectivity index (χ0) is 21.9. The Kier molecular flexibility index (Phi) is 6.48. The molecule has 0 aliphatic rings. The minimum atomic E-state index is -3.74. The predicted octanol–water partition coefficient (Wildman–Crippen LogP) is 4.96. The minimum Gasteiger partial charge on any atom is -0.345 e. The Hall–Kier alpha value is -2.83. The van der Waals surface area contributed by atoms with E-state index in [1.165, 1.54) is 19.2 Å². The summed E-state index contributed by atoms with van der Waals surface area (Å²) < 4.78 is 26.9. The number of rotatable bonds is 6. The van der Waals surface area contributed by atoms with Crippen molar-refractivity contribution in [3.05, 3.63) is 94.5 Å². The van der Waals surface area contributed by atoms with E-state index in [9.17, 15) is 13.2 Å². The molecule has 5 nitrogen and oxygen atoms in total. The van der Waals surface area contributed by atoms with Crippen LogP contribution in [0.3, 0.4) is 0 Å². The van der Waals surface area contributed by atoms with Crippen LogP contribution >= 0.6 is 11.6 Å². The van der Waals surface area contributed by atoms with Crippen LogP contribution in [0.25, 0.3) is 0 Å². The van der Waals surface area contributed by atoms with Crippen LogP contribution in [0.4, 0.5) is 5.69 Å². The smallest absolute Gasteiger partial charge is 0.264 e. The Morgan fingerprint density at radius 1 is 1.00 bits per heavy atom. The summed E-state index contributed by atoms with van der Waals surface area (Å²) in [5, 5.41) is 3.09. The van der Waals surface area contributed by atoms with Gasteiger partial charge in [0.1, 0.15) is 0 Å². The first-order valence-electron chi connectivity index (χ1n) is 9.41. The van der Waals surface area contributed by atoms with Crippen molar-refractivity contribution in [1.82, 2.24) is 5.32 Å². The summed E-state index contributed by atoms with van der Waals surface area (Å²) >= 11 is 6.33. The first-order chi connectivity index (χ1) is 14.2. The Balaban J connectivity index is 1.80. The molecular formula is C23H23ClN2O3S.